The molecule has 2 rings (SSSR count). The van der Waals surface area contributed by atoms with Crippen molar-refractivity contribution < 1.29 is 13.2 Å². The zero-order valence-electron chi connectivity index (χ0n) is 10.4. The predicted molar refractivity (Wildman–Crippen MR) is 67.2 cm³/mol. The number of hydrogen-bond donors (Lipinski definition) is 0. The SMILES string of the molecule is CSC1CCN(c2cc(C)nn2CC(F)(F)F)C1. The minimum Gasteiger partial charge on any atom is -0.356 e. The lowest BCUT2D eigenvalue weighted by Crippen LogP contribution is -2.27. The molecule has 1 fully saturated rings. The van der Waals surface area contributed by atoms with Gasteiger partial charge in [0.1, 0.15) is 12.4 Å². The fourth-order valence-corrected chi connectivity index (χ4v) is 2.87. The van der Waals surface area contributed by atoms with E-state index in [-0.39, 0.29) is 0 Å². The summed E-state index contributed by atoms with van der Waals surface area (Å²) in [6.45, 7) is 2.30. The van der Waals surface area contributed by atoms with Gasteiger partial charge in [0.15, 0.2) is 0 Å². The minimum atomic E-state index is -4.23. The molecule has 1 aromatic heterocycles. The zero-order chi connectivity index (χ0) is 13.3. The maximum atomic E-state index is 12.5. The summed E-state index contributed by atoms with van der Waals surface area (Å²) in [6.07, 6.45) is -1.18. The van der Waals surface area contributed by atoms with Gasteiger partial charge >= 0.3 is 6.18 Å². The fraction of sp³-hybridized carbons (Fsp3) is 0.727. The Morgan fingerprint density at radius 2 is 2.22 bits per heavy atom. The first-order valence-corrected chi connectivity index (χ1v) is 7.07. The van der Waals surface area contributed by atoms with Crippen molar-refractivity contribution in [3.63, 3.8) is 0 Å². The molecule has 7 heteroatoms. The average Bonchev–Trinajstić information content (AvgIpc) is 2.82. The van der Waals surface area contributed by atoms with Crippen LogP contribution in [0.1, 0.15) is 12.1 Å². The van der Waals surface area contributed by atoms with Crippen molar-refractivity contribution in [1.29, 1.82) is 0 Å². The topological polar surface area (TPSA) is 21.1 Å². The smallest absolute Gasteiger partial charge is 0.356 e. The molecule has 0 spiro atoms. The highest BCUT2D eigenvalue weighted by Gasteiger charge is 2.32. The monoisotopic (exact) mass is 279 g/mol. The molecule has 3 nitrogen and oxygen atoms in total. The number of aromatic nitrogens is 2. The van der Waals surface area contributed by atoms with Gasteiger partial charge in [-0.3, -0.25) is 0 Å². The predicted octanol–water partition coefficient (Wildman–Crippen LogP) is 2.70. The third-order valence-electron chi connectivity index (χ3n) is 3.01. The van der Waals surface area contributed by atoms with Crippen molar-refractivity contribution in [2.75, 3.05) is 24.2 Å². The molecule has 0 N–H and O–H groups in total. The minimum absolute atomic E-state index is 0.500. The highest BCUT2D eigenvalue weighted by molar-refractivity contribution is 7.99. The molecule has 1 unspecified atom stereocenters. The van der Waals surface area contributed by atoms with Gasteiger partial charge in [-0.25, -0.2) is 4.68 Å². The van der Waals surface area contributed by atoms with Gasteiger partial charge in [0.2, 0.25) is 0 Å². The molecule has 0 radical (unpaired) electrons. The second kappa shape index (κ2) is 5.03. The standard InChI is InChI=1S/C11H16F3N3S/c1-8-5-10(16-4-3-9(6-16)18-2)17(15-8)7-11(12,13)14/h5,9H,3-4,6-7H2,1-2H3. The molecular formula is C11H16F3N3S. The lowest BCUT2D eigenvalue weighted by Gasteiger charge is -2.20. The Morgan fingerprint density at radius 1 is 1.50 bits per heavy atom. The zero-order valence-corrected chi connectivity index (χ0v) is 11.2. The van der Waals surface area contributed by atoms with Crippen LogP contribution in [0.3, 0.4) is 0 Å². The summed E-state index contributed by atoms with van der Waals surface area (Å²) in [7, 11) is 0. The van der Waals surface area contributed by atoms with E-state index < -0.39 is 12.7 Å². The molecule has 2 heterocycles. The summed E-state index contributed by atoms with van der Waals surface area (Å²) in [4.78, 5) is 1.99. The van der Waals surface area contributed by atoms with Crippen LogP contribution in [0.15, 0.2) is 6.07 Å². The third kappa shape index (κ3) is 3.13. The number of aryl methyl sites for hydroxylation is 1. The highest BCUT2D eigenvalue weighted by Crippen LogP contribution is 2.28. The van der Waals surface area contributed by atoms with E-state index in [0.717, 1.165) is 24.2 Å². The van der Waals surface area contributed by atoms with Crippen LogP contribution in [0.2, 0.25) is 0 Å². The van der Waals surface area contributed by atoms with Gasteiger partial charge in [-0.1, -0.05) is 0 Å². The molecule has 0 saturated carbocycles. The summed E-state index contributed by atoms with van der Waals surface area (Å²) in [5, 5.41) is 4.44. The quantitative estimate of drug-likeness (QED) is 0.849. The van der Waals surface area contributed by atoms with Crippen molar-refractivity contribution in [2.45, 2.75) is 31.3 Å². The molecule has 18 heavy (non-hydrogen) atoms. The Labute approximate surface area is 108 Å². The Kier molecular flexibility index (Phi) is 3.79. The number of rotatable bonds is 3. The summed E-state index contributed by atoms with van der Waals surface area (Å²) in [5.41, 5.74) is 0.627. The maximum absolute atomic E-state index is 12.5. The van der Waals surface area contributed by atoms with E-state index in [1.165, 1.54) is 0 Å². The largest absolute Gasteiger partial charge is 0.408 e. The molecule has 1 aliphatic heterocycles. The van der Waals surface area contributed by atoms with Crippen molar-refractivity contribution in [1.82, 2.24) is 9.78 Å². The number of anilines is 1. The molecule has 1 aliphatic rings. The number of nitrogens with zero attached hydrogens (tertiary/aromatic N) is 3. The molecule has 0 bridgehead atoms. The van der Waals surface area contributed by atoms with Gasteiger partial charge in [0.25, 0.3) is 0 Å². The Hall–Kier alpha value is -0.850. The normalized spacial score (nSPS) is 20.7. The Bertz CT molecular complexity index is 416. The molecule has 102 valence electrons. The molecule has 1 atom stereocenters. The van der Waals surface area contributed by atoms with E-state index in [0.29, 0.717) is 16.8 Å². The molecular weight excluding hydrogens is 263 g/mol. The van der Waals surface area contributed by atoms with Crippen LogP contribution in [-0.4, -0.2) is 40.6 Å². The number of thioether (sulfide) groups is 1. The van der Waals surface area contributed by atoms with Gasteiger partial charge in [-0.05, 0) is 19.6 Å². The van der Waals surface area contributed by atoms with Crippen LogP contribution in [0.25, 0.3) is 0 Å². The van der Waals surface area contributed by atoms with Crippen molar-refractivity contribution in [3.05, 3.63) is 11.8 Å². The first-order valence-electron chi connectivity index (χ1n) is 5.78. The number of hydrogen-bond acceptors (Lipinski definition) is 3. The van der Waals surface area contributed by atoms with Gasteiger partial charge in [-0.2, -0.15) is 30.0 Å². The third-order valence-corrected chi connectivity index (χ3v) is 4.06. The summed E-state index contributed by atoms with van der Waals surface area (Å²) >= 11 is 1.76. The van der Waals surface area contributed by atoms with Crippen molar-refractivity contribution in [2.24, 2.45) is 0 Å². The first-order chi connectivity index (χ1) is 8.39. The maximum Gasteiger partial charge on any atom is 0.408 e. The van der Waals surface area contributed by atoms with Gasteiger partial charge in [0.05, 0.1) is 5.69 Å². The number of halogens is 3. The van der Waals surface area contributed by atoms with Gasteiger partial charge in [0, 0.05) is 24.4 Å². The summed E-state index contributed by atoms with van der Waals surface area (Å²) in [5.74, 6) is 0.585. The van der Waals surface area contributed by atoms with Crippen LogP contribution < -0.4 is 4.90 Å². The molecule has 0 aliphatic carbocycles. The fourth-order valence-electron chi connectivity index (χ4n) is 2.20. The van der Waals surface area contributed by atoms with Crippen molar-refractivity contribution >= 4 is 17.6 Å². The van der Waals surface area contributed by atoms with Crippen LogP contribution in [0.5, 0.6) is 0 Å². The second-order valence-electron chi connectivity index (χ2n) is 4.51. The summed E-state index contributed by atoms with van der Waals surface area (Å²) < 4.78 is 38.5. The van der Waals surface area contributed by atoms with Crippen LogP contribution in [0, 0.1) is 6.92 Å². The molecule has 0 amide bonds. The van der Waals surface area contributed by atoms with E-state index in [1.807, 2.05) is 11.2 Å². The Morgan fingerprint density at radius 3 is 2.78 bits per heavy atom. The molecule has 1 aromatic rings. The number of alkyl halides is 3. The lowest BCUT2D eigenvalue weighted by atomic mass is 10.4. The first kappa shape index (κ1) is 13.6. The molecule has 0 aromatic carbocycles. The van der Waals surface area contributed by atoms with E-state index >= 15 is 0 Å². The highest BCUT2D eigenvalue weighted by atomic mass is 32.2. The molecule has 1 saturated heterocycles. The van der Waals surface area contributed by atoms with E-state index in [4.69, 9.17) is 0 Å². The Balaban J connectivity index is 2.17. The second-order valence-corrected chi connectivity index (χ2v) is 5.65. The van der Waals surface area contributed by atoms with Crippen molar-refractivity contribution in [3.8, 4) is 0 Å². The van der Waals surface area contributed by atoms with Crippen LogP contribution in [0.4, 0.5) is 19.0 Å². The van der Waals surface area contributed by atoms with Crippen LogP contribution in [-0.2, 0) is 6.54 Å². The summed E-state index contributed by atoms with van der Waals surface area (Å²) in [6, 6.07) is 1.73. The van der Waals surface area contributed by atoms with Crippen LogP contribution >= 0.6 is 11.8 Å². The average molecular weight is 279 g/mol. The lowest BCUT2D eigenvalue weighted by molar-refractivity contribution is -0.142. The van der Waals surface area contributed by atoms with Gasteiger partial charge < -0.3 is 4.90 Å². The van der Waals surface area contributed by atoms with Gasteiger partial charge in [-0.15, -0.1) is 0 Å². The van der Waals surface area contributed by atoms with E-state index in [1.54, 1.807) is 24.8 Å². The van der Waals surface area contributed by atoms with E-state index in [9.17, 15) is 13.2 Å². The van der Waals surface area contributed by atoms with E-state index in [2.05, 4.69) is 5.10 Å².